The largest absolute Gasteiger partial charge is 0.295 e. The molecule has 0 saturated carbocycles. The van der Waals surface area contributed by atoms with Crippen molar-refractivity contribution in [2.75, 3.05) is 5.75 Å². The number of piperidine rings is 1. The predicted octanol–water partition coefficient (Wildman–Crippen LogP) is 0.147. The number of amides is 2. The smallest absolute Gasteiger partial charge is 0.244 e. The molecular formula is C11H20N2O4S. The number of nitrogens with one attached hydrogen (secondary N) is 2. The first kappa shape index (κ1) is 15.1. The Hall–Kier alpha value is -0.950. The molecule has 1 atom stereocenters. The van der Waals surface area contributed by atoms with Crippen LogP contribution in [0.5, 0.6) is 0 Å². The third kappa shape index (κ3) is 5.14. The lowest BCUT2D eigenvalue weighted by Gasteiger charge is -2.23. The van der Waals surface area contributed by atoms with Crippen molar-refractivity contribution < 1.29 is 18.0 Å². The van der Waals surface area contributed by atoms with Crippen molar-refractivity contribution in [3.05, 3.63) is 0 Å². The summed E-state index contributed by atoms with van der Waals surface area (Å²) >= 11 is 0. The van der Waals surface area contributed by atoms with Gasteiger partial charge in [-0.05, 0) is 18.3 Å². The minimum Gasteiger partial charge on any atom is -0.295 e. The SMILES string of the molecule is CC(C)(C)CCS(=O)(=O)NC1CCC(=O)NC1=O. The topological polar surface area (TPSA) is 92.3 Å². The second kappa shape index (κ2) is 5.36. The van der Waals surface area contributed by atoms with Crippen LogP contribution in [0.2, 0.25) is 0 Å². The molecule has 7 heteroatoms. The molecule has 0 radical (unpaired) electrons. The van der Waals surface area contributed by atoms with Gasteiger partial charge in [-0.2, -0.15) is 0 Å². The van der Waals surface area contributed by atoms with Crippen LogP contribution in [-0.4, -0.2) is 32.0 Å². The Morgan fingerprint density at radius 2 is 1.94 bits per heavy atom. The van der Waals surface area contributed by atoms with Crippen molar-refractivity contribution in [1.82, 2.24) is 10.0 Å². The third-order valence-corrected chi connectivity index (χ3v) is 4.07. The third-order valence-electron chi connectivity index (χ3n) is 2.68. The average Bonchev–Trinajstić information content (AvgIpc) is 2.19. The molecule has 104 valence electrons. The van der Waals surface area contributed by atoms with Crippen LogP contribution in [0.4, 0.5) is 0 Å². The molecule has 0 bridgehead atoms. The zero-order valence-electron chi connectivity index (χ0n) is 10.9. The monoisotopic (exact) mass is 276 g/mol. The van der Waals surface area contributed by atoms with Crippen molar-refractivity contribution in [2.24, 2.45) is 5.41 Å². The second-order valence-corrected chi connectivity index (χ2v) is 7.62. The molecule has 1 rings (SSSR count). The summed E-state index contributed by atoms with van der Waals surface area (Å²) in [5.74, 6) is -0.940. The first-order chi connectivity index (χ1) is 8.09. The maximum Gasteiger partial charge on any atom is 0.244 e. The molecule has 1 heterocycles. The minimum absolute atomic E-state index is 0.0196. The maximum absolute atomic E-state index is 11.8. The Balaban J connectivity index is 2.55. The summed E-state index contributed by atoms with van der Waals surface area (Å²) in [6.45, 7) is 5.86. The Kier molecular flexibility index (Phi) is 4.50. The summed E-state index contributed by atoms with van der Waals surface area (Å²) in [7, 11) is -3.49. The molecule has 0 spiro atoms. The van der Waals surface area contributed by atoms with E-state index >= 15 is 0 Å². The fourth-order valence-corrected chi connectivity index (χ4v) is 3.18. The fraction of sp³-hybridized carbons (Fsp3) is 0.818. The van der Waals surface area contributed by atoms with E-state index in [2.05, 4.69) is 10.0 Å². The van der Waals surface area contributed by atoms with Crippen molar-refractivity contribution in [1.29, 1.82) is 0 Å². The van der Waals surface area contributed by atoms with Crippen molar-refractivity contribution in [2.45, 2.75) is 46.1 Å². The van der Waals surface area contributed by atoms with Crippen LogP contribution in [0.25, 0.3) is 0 Å². The number of sulfonamides is 1. The zero-order valence-corrected chi connectivity index (χ0v) is 11.8. The highest BCUT2D eigenvalue weighted by Gasteiger charge is 2.30. The lowest BCUT2D eigenvalue weighted by atomic mass is 9.94. The summed E-state index contributed by atoms with van der Waals surface area (Å²) in [6, 6.07) is -0.826. The summed E-state index contributed by atoms with van der Waals surface area (Å²) in [4.78, 5) is 22.4. The molecule has 1 aliphatic heterocycles. The van der Waals surface area contributed by atoms with Gasteiger partial charge in [0.2, 0.25) is 21.8 Å². The molecule has 6 nitrogen and oxygen atoms in total. The van der Waals surface area contributed by atoms with E-state index in [1.54, 1.807) is 0 Å². The molecule has 0 aromatic carbocycles. The number of rotatable bonds is 4. The van der Waals surface area contributed by atoms with E-state index in [4.69, 9.17) is 0 Å². The van der Waals surface area contributed by atoms with Gasteiger partial charge in [-0.25, -0.2) is 13.1 Å². The van der Waals surface area contributed by atoms with Gasteiger partial charge in [-0.1, -0.05) is 20.8 Å². The van der Waals surface area contributed by atoms with Crippen molar-refractivity contribution in [3.8, 4) is 0 Å². The molecule has 2 amide bonds. The summed E-state index contributed by atoms with van der Waals surface area (Å²) in [5.41, 5.74) is -0.0838. The van der Waals surface area contributed by atoms with Crippen LogP contribution in [0, 0.1) is 5.41 Å². The predicted molar refractivity (Wildman–Crippen MR) is 67.2 cm³/mol. The van der Waals surface area contributed by atoms with E-state index in [1.165, 1.54) is 0 Å². The molecule has 1 unspecified atom stereocenters. The van der Waals surface area contributed by atoms with Gasteiger partial charge in [0.15, 0.2) is 0 Å². The standard InChI is InChI=1S/C11H20N2O4S/c1-11(2,3)6-7-18(16,17)13-8-4-5-9(14)12-10(8)15/h8,13H,4-7H2,1-3H3,(H,12,14,15). The maximum atomic E-state index is 11.8. The van der Waals surface area contributed by atoms with Gasteiger partial charge >= 0.3 is 0 Å². The molecule has 1 saturated heterocycles. The van der Waals surface area contributed by atoms with E-state index in [1.807, 2.05) is 20.8 Å². The summed E-state index contributed by atoms with van der Waals surface area (Å²) in [6.07, 6.45) is 0.896. The lowest BCUT2D eigenvalue weighted by molar-refractivity contribution is -0.134. The highest BCUT2D eigenvalue weighted by Crippen LogP contribution is 2.19. The van der Waals surface area contributed by atoms with E-state index in [0.717, 1.165) is 0 Å². The van der Waals surface area contributed by atoms with E-state index in [-0.39, 0.29) is 29.9 Å². The summed E-state index contributed by atoms with van der Waals surface area (Å²) < 4.78 is 25.9. The van der Waals surface area contributed by atoms with Gasteiger partial charge in [0, 0.05) is 6.42 Å². The quantitative estimate of drug-likeness (QED) is 0.715. The Morgan fingerprint density at radius 1 is 1.33 bits per heavy atom. The molecule has 0 aliphatic carbocycles. The Bertz CT molecular complexity index is 436. The zero-order chi connectivity index (χ0) is 14.0. The molecular weight excluding hydrogens is 256 g/mol. The molecule has 2 N–H and O–H groups in total. The number of carbonyl (C=O) groups is 2. The van der Waals surface area contributed by atoms with E-state index in [0.29, 0.717) is 6.42 Å². The normalized spacial score (nSPS) is 21.8. The Morgan fingerprint density at radius 3 is 2.44 bits per heavy atom. The van der Waals surface area contributed by atoms with Gasteiger partial charge in [0.25, 0.3) is 0 Å². The average molecular weight is 276 g/mol. The van der Waals surface area contributed by atoms with Crippen LogP contribution >= 0.6 is 0 Å². The molecule has 0 aromatic rings. The number of hydrogen-bond donors (Lipinski definition) is 2. The molecule has 1 aliphatic rings. The molecule has 18 heavy (non-hydrogen) atoms. The Labute approximate surface area is 108 Å². The first-order valence-electron chi connectivity index (χ1n) is 5.93. The molecule has 1 fully saturated rings. The highest BCUT2D eigenvalue weighted by atomic mass is 32.2. The van der Waals surface area contributed by atoms with Crippen LogP contribution in [0.3, 0.4) is 0 Å². The number of carbonyl (C=O) groups excluding carboxylic acids is 2. The second-order valence-electron chi connectivity index (χ2n) is 5.75. The van der Waals surface area contributed by atoms with Gasteiger partial charge < -0.3 is 0 Å². The van der Waals surface area contributed by atoms with Crippen molar-refractivity contribution in [3.63, 3.8) is 0 Å². The highest BCUT2D eigenvalue weighted by molar-refractivity contribution is 7.89. The van der Waals surface area contributed by atoms with Crippen LogP contribution in [-0.2, 0) is 19.6 Å². The first-order valence-corrected chi connectivity index (χ1v) is 7.58. The van der Waals surface area contributed by atoms with Gasteiger partial charge in [0.05, 0.1) is 5.75 Å². The number of hydrogen-bond acceptors (Lipinski definition) is 4. The fourth-order valence-electron chi connectivity index (χ4n) is 1.52. The van der Waals surface area contributed by atoms with Gasteiger partial charge in [0.1, 0.15) is 6.04 Å². The van der Waals surface area contributed by atoms with E-state index in [9.17, 15) is 18.0 Å². The van der Waals surface area contributed by atoms with Crippen molar-refractivity contribution >= 4 is 21.8 Å². The minimum atomic E-state index is -3.49. The van der Waals surface area contributed by atoms with Gasteiger partial charge in [-0.3, -0.25) is 14.9 Å². The number of imide groups is 1. The van der Waals surface area contributed by atoms with Gasteiger partial charge in [-0.15, -0.1) is 0 Å². The van der Waals surface area contributed by atoms with E-state index < -0.39 is 22.0 Å². The van der Waals surface area contributed by atoms with Crippen LogP contribution < -0.4 is 10.0 Å². The lowest BCUT2D eigenvalue weighted by Crippen LogP contribution is -2.52. The van der Waals surface area contributed by atoms with Crippen LogP contribution in [0.1, 0.15) is 40.0 Å². The summed E-state index contributed by atoms with van der Waals surface area (Å²) in [5, 5.41) is 2.12. The van der Waals surface area contributed by atoms with Crippen LogP contribution in [0.15, 0.2) is 0 Å². The molecule has 0 aromatic heterocycles.